The van der Waals surface area contributed by atoms with E-state index >= 15 is 0 Å². The standard InChI is InChI=1S/C10H10N6Se/c1-16-7(6-12-15-16)5-11-8-3-2-4-9-10(8)14-17-13-9/h2-4,6,11H,5H2,1H3. The van der Waals surface area contributed by atoms with Crippen molar-refractivity contribution in [3.8, 4) is 0 Å². The van der Waals surface area contributed by atoms with Crippen molar-refractivity contribution in [2.75, 3.05) is 5.32 Å². The first kappa shape index (κ1) is 10.4. The molecule has 86 valence electrons. The number of hydrogen-bond donors (Lipinski definition) is 1. The number of benzene rings is 1. The van der Waals surface area contributed by atoms with E-state index < -0.39 is 0 Å². The summed E-state index contributed by atoms with van der Waals surface area (Å²) in [4.78, 5) is 0. The summed E-state index contributed by atoms with van der Waals surface area (Å²) < 4.78 is 10.5. The van der Waals surface area contributed by atoms with Crippen LogP contribution in [-0.4, -0.2) is 29.6 Å². The van der Waals surface area contributed by atoms with Gasteiger partial charge in [-0.2, -0.15) is 0 Å². The van der Waals surface area contributed by atoms with Crippen LogP contribution >= 0.6 is 0 Å². The van der Waals surface area contributed by atoms with Crippen LogP contribution in [0, 0.1) is 0 Å². The molecule has 0 atom stereocenters. The van der Waals surface area contributed by atoms with Crippen LogP contribution in [0.4, 0.5) is 17.1 Å². The molecule has 0 amide bonds. The fraction of sp³-hybridized carbons (Fsp3) is 0.200. The Kier molecular flexibility index (Phi) is 2.62. The zero-order valence-corrected chi connectivity index (χ0v) is 10.9. The molecule has 0 radical (unpaired) electrons. The second-order valence-electron chi connectivity index (χ2n) is 3.64. The number of fused-ring (bicyclic) bond motifs is 1. The molecule has 1 N–H and O–H groups in total. The summed E-state index contributed by atoms with van der Waals surface area (Å²) in [7, 11) is 1.88. The van der Waals surface area contributed by atoms with Crippen molar-refractivity contribution in [1.29, 1.82) is 0 Å². The quantitative estimate of drug-likeness (QED) is 0.748. The monoisotopic (exact) mass is 294 g/mol. The van der Waals surface area contributed by atoms with Crippen molar-refractivity contribution < 1.29 is 0 Å². The number of nitrogens with zero attached hydrogens (tertiary/aromatic N) is 5. The number of aryl methyl sites for hydroxylation is 1. The van der Waals surface area contributed by atoms with Gasteiger partial charge in [0.2, 0.25) is 0 Å². The Hall–Kier alpha value is -1.72. The van der Waals surface area contributed by atoms with E-state index in [2.05, 4.69) is 23.6 Å². The van der Waals surface area contributed by atoms with E-state index in [0.717, 1.165) is 22.8 Å². The Bertz CT molecular complexity index is 625. The summed E-state index contributed by atoms with van der Waals surface area (Å²) in [6.45, 7) is 0.683. The van der Waals surface area contributed by atoms with E-state index in [9.17, 15) is 0 Å². The average Bonchev–Trinajstić information content (AvgIpc) is 2.95. The third kappa shape index (κ3) is 1.94. The van der Waals surface area contributed by atoms with Crippen molar-refractivity contribution in [1.82, 2.24) is 15.0 Å². The fourth-order valence-electron chi connectivity index (χ4n) is 1.61. The molecule has 0 fully saturated rings. The molecule has 17 heavy (non-hydrogen) atoms. The summed E-state index contributed by atoms with van der Waals surface area (Å²) >= 11 is 0.00814. The van der Waals surface area contributed by atoms with Crippen molar-refractivity contribution in [2.24, 2.45) is 15.0 Å². The van der Waals surface area contributed by atoms with Crippen LogP contribution in [0.15, 0.2) is 32.3 Å². The van der Waals surface area contributed by atoms with E-state index in [4.69, 9.17) is 0 Å². The Labute approximate surface area is 104 Å². The summed E-state index contributed by atoms with van der Waals surface area (Å²) in [6, 6.07) is 6.00. The average molecular weight is 293 g/mol. The molecule has 1 aliphatic rings. The van der Waals surface area contributed by atoms with Gasteiger partial charge in [0, 0.05) is 0 Å². The van der Waals surface area contributed by atoms with Crippen LogP contribution in [-0.2, 0) is 13.6 Å². The molecular formula is C10H10N6Se. The number of rotatable bonds is 3. The molecule has 2 heterocycles. The SMILES string of the molecule is Cn1nncc1CNc1cccc2c1N=[Se]=N2. The topological polar surface area (TPSA) is 67.5 Å². The van der Waals surface area contributed by atoms with Gasteiger partial charge >= 0.3 is 104 Å². The Balaban J connectivity index is 1.81. The van der Waals surface area contributed by atoms with Gasteiger partial charge in [0.05, 0.1) is 0 Å². The van der Waals surface area contributed by atoms with E-state index in [-0.39, 0.29) is 14.6 Å². The van der Waals surface area contributed by atoms with E-state index in [1.54, 1.807) is 10.9 Å². The molecule has 0 bridgehead atoms. The molecular weight excluding hydrogens is 283 g/mol. The maximum atomic E-state index is 4.42. The van der Waals surface area contributed by atoms with Gasteiger partial charge in [0.1, 0.15) is 0 Å². The van der Waals surface area contributed by atoms with Crippen molar-refractivity contribution in [3.05, 3.63) is 30.1 Å². The number of hydrogen-bond acceptors (Lipinski definition) is 5. The van der Waals surface area contributed by atoms with Gasteiger partial charge in [0.25, 0.3) is 0 Å². The first-order valence-corrected chi connectivity index (χ1v) is 6.66. The number of anilines is 1. The number of aromatic nitrogens is 3. The van der Waals surface area contributed by atoms with Gasteiger partial charge < -0.3 is 0 Å². The fourth-order valence-corrected chi connectivity index (χ4v) is 2.76. The molecule has 0 spiro atoms. The van der Waals surface area contributed by atoms with Gasteiger partial charge in [-0.15, -0.1) is 0 Å². The van der Waals surface area contributed by atoms with E-state index in [0.29, 0.717) is 6.54 Å². The molecule has 0 unspecified atom stereocenters. The molecule has 0 saturated heterocycles. The van der Waals surface area contributed by atoms with Crippen LogP contribution in [0.3, 0.4) is 0 Å². The van der Waals surface area contributed by atoms with E-state index in [1.807, 2.05) is 25.2 Å². The van der Waals surface area contributed by atoms with Gasteiger partial charge in [-0.25, -0.2) is 0 Å². The van der Waals surface area contributed by atoms with Crippen LogP contribution in [0.1, 0.15) is 5.69 Å². The van der Waals surface area contributed by atoms with Gasteiger partial charge in [-0.1, -0.05) is 0 Å². The van der Waals surface area contributed by atoms with Gasteiger partial charge in [-0.3, -0.25) is 0 Å². The summed E-state index contributed by atoms with van der Waals surface area (Å²) in [5.41, 5.74) is 4.01. The molecule has 0 saturated carbocycles. The summed E-state index contributed by atoms with van der Waals surface area (Å²) in [5, 5.41) is 11.1. The maximum absolute atomic E-state index is 4.42. The Morgan fingerprint density at radius 3 is 3.12 bits per heavy atom. The second kappa shape index (κ2) is 4.27. The molecule has 1 aromatic carbocycles. The molecule has 3 rings (SSSR count). The van der Waals surface area contributed by atoms with Crippen LogP contribution in [0.25, 0.3) is 0 Å². The van der Waals surface area contributed by atoms with Crippen molar-refractivity contribution >= 4 is 31.6 Å². The third-order valence-electron chi connectivity index (χ3n) is 2.55. The van der Waals surface area contributed by atoms with Crippen molar-refractivity contribution in [3.63, 3.8) is 0 Å². The zero-order chi connectivity index (χ0) is 11.7. The van der Waals surface area contributed by atoms with Crippen LogP contribution < -0.4 is 5.32 Å². The molecule has 7 heteroatoms. The molecule has 1 aromatic heterocycles. The summed E-state index contributed by atoms with van der Waals surface area (Å²) in [6.07, 6.45) is 1.75. The minimum atomic E-state index is 0.00814. The molecule has 1 aliphatic heterocycles. The molecule has 6 nitrogen and oxygen atoms in total. The normalized spacial score (nSPS) is 12.3. The first-order valence-electron chi connectivity index (χ1n) is 5.13. The molecule has 0 aliphatic carbocycles. The Morgan fingerprint density at radius 2 is 2.29 bits per heavy atom. The summed E-state index contributed by atoms with van der Waals surface area (Å²) in [5.74, 6) is 0. The predicted molar refractivity (Wildman–Crippen MR) is 64.7 cm³/mol. The first-order chi connectivity index (χ1) is 8.34. The number of nitrogens with one attached hydrogen (secondary N) is 1. The van der Waals surface area contributed by atoms with Crippen molar-refractivity contribution in [2.45, 2.75) is 6.54 Å². The van der Waals surface area contributed by atoms with Crippen LogP contribution in [0.5, 0.6) is 0 Å². The van der Waals surface area contributed by atoms with Gasteiger partial charge in [0.15, 0.2) is 0 Å². The van der Waals surface area contributed by atoms with Gasteiger partial charge in [-0.05, 0) is 0 Å². The van der Waals surface area contributed by atoms with E-state index in [1.165, 1.54) is 0 Å². The molecule has 2 aromatic rings. The predicted octanol–water partition coefficient (Wildman–Crippen LogP) is 1.78. The Morgan fingerprint density at radius 1 is 1.35 bits per heavy atom. The third-order valence-corrected chi connectivity index (χ3v) is 3.69. The minimum absolute atomic E-state index is 0.00814. The zero-order valence-electron chi connectivity index (χ0n) is 9.16. The van der Waals surface area contributed by atoms with Crippen LogP contribution in [0.2, 0.25) is 0 Å². The second-order valence-corrected chi connectivity index (χ2v) is 4.75.